The summed E-state index contributed by atoms with van der Waals surface area (Å²) in [7, 11) is 1.39. The predicted molar refractivity (Wildman–Crippen MR) is 276 cm³/mol. The van der Waals surface area contributed by atoms with Gasteiger partial charge in [0.15, 0.2) is 18.7 Å². The topological polar surface area (TPSA) is 313 Å². The molecule has 0 bridgehead atoms. The minimum atomic E-state index is -1.69. The van der Waals surface area contributed by atoms with Crippen LogP contribution in [0.4, 0.5) is 0 Å². The highest BCUT2D eigenvalue weighted by Gasteiger charge is 2.67. The van der Waals surface area contributed by atoms with Crippen LogP contribution in [0.1, 0.15) is 157 Å². The lowest BCUT2D eigenvalue weighted by atomic mass is 9.43. The maximum atomic E-state index is 15.4. The number of aliphatic hydroxyl groups is 6. The van der Waals surface area contributed by atoms with Crippen LogP contribution in [0, 0.1) is 64.1 Å². The molecule has 2 heterocycles. The Hall–Kier alpha value is -2.60. The lowest BCUT2D eigenvalue weighted by molar-refractivity contribution is -0.339. The SMILES string of the molecule is CC[C@@H]1CC(C(=O)O[C@@H]2C[C@@H]3C[C@@H](N)CC[C@]3(C)[C@H]3C[C@H](O)[C@]4(C)[C@@H]([C@H](C)CCC(=O)OC)CC[C@H]4[C@H]23)C[C@@H](O[C@@H]2O[C@@H](CO)[C@H](O)C(O[C@@H](CC3CCCCC3)C(=O)O)C2NC(C)=O)[C@@H]1OC1O[C@@H](C)[C@H](O)C(O)[C@@H]1O. The van der Waals surface area contributed by atoms with Gasteiger partial charge < -0.3 is 80.0 Å². The first-order valence-electron chi connectivity index (χ1n) is 29.3. The minimum absolute atomic E-state index is 0.00410. The van der Waals surface area contributed by atoms with E-state index in [9.17, 15) is 50.1 Å². The molecule has 20 nitrogen and oxygen atoms in total. The summed E-state index contributed by atoms with van der Waals surface area (Å²) in [6, 6.07) is -1.35. The van der Waals surface area contributed by atoms with Gasteiger partial charge in [-0.25, -0.2) is 4.79 Å². The van der Waals surface area contributed by atoms with Crippen LogP contribution < -0.4 is 11.1 Å². The number of hydrogen-bond donors (Lipinski definition) is 9. The first-order chi connectivity index (χ1) is 36.5. The number of carbonyl (C=O) groups excluding carboxylic acids is 3. The molecule has 0 radical (unpaired) electrons. The Bertz CT molecular complexity index is 2010. The number of aliphatic hydroxyl groups excluding tert-OH is 6. The Labute approximate surface area is 454 Å². The number of fused-ring (bicyclic) bond motifs is 5. The fourth-order valence-corrected chi connectivity index (χ4v) is 16.7. The molecule has 77 heavy (non-hydrogen) atoms. The van der Waals surface area contributed by atoms with Crippen molar-refractivity contribution in [3.05, 3.63) is 0 Å². The van der Waals surface area contributed by atoms with Gasteiger partial charge in [0.05, 0.1) is 44.1 Å². The second-order valence-electron chi connectivity index (χ2n) is 25.5. The quantitative estimate of drug-likeness (QED) is 0.0888. The largest absolute Gasteiger partial charge is 0.479 e. The van der Waals surface area contributed by atoms with Gasteiger partial charge in [0.2, 0.25) is 5.91 Å². The van der Waals surface area contributed by atoms with Crippen molar-refractivity contribution in [2.24, 2.45) is 69.8 Å². The van der Waals surface area contributed by atoms with Crippen molar-refractivity contribution in [2.75, 3.05) is 13.7 Å². The van der Waals surface area contributed by atoms with Crippen LogP contribution in [0.15, 0.2) is 0 Å². The molecule has 2 aliphatic heterocycles. The molecule has 440 valence electrons. The summed E-state index contributed by atoms with van der Waals surface area (Å²) in [4.78, 5) is 53.6. The Balaban J connectivity index is 1.11. The van der Waals surface area contributed by atoms with Crippen molar-refractivity contribution in [3.8, 4) is 0 Å². The molecule has 0 aromatic heterocycles. The van der Waals surface area contributed by atoms with E-state index in [2.05, 4.69) is 26.1 Å². The fourth-order valence-electron chi connectivity index (χ4n) is 16.7. The van der Waals surface area contributed by atoms with Gasteiger partial charge in [0.1, 0.15) is 48.8 Å². The third-order valence-electron chi connectivity index (χ3n) is 21.2. The highest BCUT2D eigenvalue weighted by molar-refractivity contribution is 5.74. The van der Waals surface area contributed by atoms with Gasteiger partial charge in [-0.15, -0.1) is 0 Å². The van der Waals surface area contributed by atoms with E-state index in [4.69, 9.17) is 38.9 Å². The number of rotatable bonds is 18. The highest BCUT2D eigenvalue weighted by atomic mass is 16.7. The van der Waals surface area contributed by atoms with Crippen molar-refractivity contribution in [3.63, 3.8) is 0 Å². The first-order valence-corrected chi connectivity index (χ1v) is 29.3. The number of amides is 1. The van der Waals surface area contributed by atoms with Crippen LogP contribution in [0.5, 0.6) is 0 Å². The van der Waals surface area contributed by atoms with Crippen molar-refractivity contribution >= 4 is 23.8 Å². The number of ether oxygens (including phenoxy) is 7. The van der Waals surface area contributed by atoms with Crippen LogP contribution in [-0.4, -0.2) is 171 Å². The van der Waals surface area contributed by atoms with Crippen molar-refractivity contribution in [2.45, 2.75) is 255 Å². The molecule has 2 saturated heterocycles. The summed E-state index contributed by atoms with van der Waals surface area (Å²) in [5.74, 6) is -3.36. The lowest BCUT2D eigenvalue weighted by Crippen LogP contribution is -2.67. The summed E-state index contributed by atoms with van der Waals surface area (Å²) in [6.45, 7) is 10.7. The molecule has 8 rings (SSSR count). The smallest absolute Gasteiger partial charge is 0.332 e. The summed E-state index contributed by atoms with van der Waals surface area (Å²) in [5, 5.41) is 80.9. The van der Waals surface area contributed by atoms with Crippen LogP contribution in [0.25, 0.3) is 0 Å². The number of aliphatic carboxylic acids is 1. The number of carboxylic acid groups (broad SMARTS) is 1. The second kappa shape index (κ2) is 25.3. The van der Waals surface area contributed by atoms with E-state index >= 15 is 4.79 Å². The molecule has 0 aromatic carbocycles. The standard InChI is InChI=1S/C57H94N2O18/c1-8-31-21-32(53(70)74-38-24-33-23-34(58)18-19-56(33,5)37-25-42(62)57(6)35(15-16-36(57)44(37)38)27(2)14-17-43(63)71-7)22-39(50(31)77-55-49(67)48(66)46(64)28(3)72-55)75-54-45(59-29(4)61)51(47(65)41(26-60)76-54)73-40(52(68)69)20-30-12-10-9-11-13-30/h27-28,30-42,44-51,54-55,60,62,64-67H,8-26,58H2,1-7H3,(H,59,61)(H,68,69)/t27-,28+,31-,32?,33+,34+,35-,36+,37+,38-,39-,40+,41+,42+,44+,45?,46+,47+,48?,49+,50-,51?,54-,55?,56+,57-/m1/s1. The molecule has 1 amide bonds. The van der Waals surface area contributed by atoms with Crippen molar-refractivity contribution < 1.29 is 88.1 Å². The van der Waals surface area contributed by atoms with E-state index in [1.807, 2.05) is 6.92 Å². The summed E-state index contributed by atoms with van der Waals surface area (Å²) >= 11 is 0. The van der Waals surface area contributed by atoms with E-state index < -0.39 is 134 Å². The van der Waals surface area contributed by atoms with Crippen LogP contribution in [-0.2, 0) is 52.3 Å². The average molecular weight is 1100 g/mol. The molecule has 8 fully saturated rings. The van der Waals surface area contributed by atoms with Gasteiger partial charge in [-0.3, -0.25) is 14.4 Å². The zero-order chi connectivity index (χ0) is 55.8. The third-order valence-corrected chi connectivity index (χ3v) is 21.2. The fraction of sp³-hybridized carbons (Fsp3) is 0.930. The normalized spacial score (nSPS) is 46.1. The Morgan fingerprint density at radius 1 is 0.818 bits per heavy atom. The summed E-state index contributed by atoms with van der Waals surface area (Å²) < 4.78 is 44.1. The lowest BCUT2D eigenvalue weighted by Gasteiger charge is -2.64. The molecular weight excluding hydrogens is 1000 g/mol. The van der Waals surface area contributed by atoms with E-state index in [0.29, 0.717) is 25.7 Å². The molecule has 26 atom stereocenters. The molecule has 10 N–H and O–H groups in total. The zero-order valence-corrected chi connectivity index (χ0v) is 46.6. The zero-order valence-electron chi connectivity index (χ0n) is 46.6. The molecule has 0 spiro atoms. The molecular formula is C57H94N2O18. The summed E-state index contributed by atoms with van der Waals surface area (Å²) in [5.41, 5.74) is 6.05. The maximum absolute atomic E-state index is 15.4. The highest BCUT2D eigenvalue weighted by Crippen LogP contribution is 2.69. The molecule has 6 saturated carbocycles. The number of methoxy groups -OCH3 is 1. The van der Waals surface area contributed by atoms with E-state index in [1.54, 1.807) is 0 Å². The van der Waals surface area contributed by atoms with Crippen molar-refractivity contribution in [1.29, 1.82) is 0 Å². The Morgan fingerprint density at radius 3 is 2.21 bits per heavy atom. The van der Waals surface area contributed by atoms with Gasteiger partial charge in [-0.1, -0.05) is 66.2 Å². The van der Waals surface area contributed by atoms with Crippen LogP contribution >= 0.6 is 0 Å². The maximum Gasteiger partial charge on any atom is 0.332 e. The number of carbonyl (C=O) groups is 4. The predicted octanol–water partition coefficient (Wildman–Crippen LogP) is 3.48. The van der Waals surface area contributed by atoms with Gasteiger partial charge in [-0.05, 0) is 130 Å². The third kappa shape index (κ3) is 12.4. The van der Waals surface area contributed by atoms with Crippen LogP contribution in [0.2, 0.25) is 0 Å². The Kier molecular flexibility index (Phi) is 19.9. The average Bonchev–Trinajstić information content (AvgIpc) is 3.77. The van der Waals surface area contributed by atoms with E-state index in [0.717, 1.165) is 64.2 Å². The van der Waals surface area contributed by atoms with Gasteiger partial charge in [0.25, 0.3) is 0 Å². The molecule has 5 unspecified atom stereocenters. The number of hydrogen-bond acceptors (Lipinski definition) is 18. The second-order valence-corrected chi connectivity index (χ2v) is 25.5. The number of esters is 2. The van der Waals surface area contributed by atoms with E-state index in [1.165, 1.54) is 21.0 Å². The molecule has 20 heteroatoms. The molecule has 8 aliphatic rings. The molecule has 6 aliphatic carbocycles. The van der Waals surface area contributed by atoms with E-state index in [-0.39, 0.29) is 84.5 Å². The molecule has 0 aromatic rings. The van der Waals surface area contributed by atoms with Crippen LogP contribution in [0.3, 0.4) is 0 Å². The van der Waals surface area contributed by atoms with Gasteiger partial charge in [-0.2, -0.15) is 0 Å². The number of nitrogens with two attached hydrogens (primary N) is 1. The number of nitrogens with one attached hydrogen (secondary N) is 1. The van der Waals surface area contributed by atoms with Crippen molar-refractivity contribution in [1.82, 2.24) is 5.32 Å². The minimum Gasteiger partial charge on any atom is -0.479 e. The first kappa shape index (κ1) is 60.5. The van der Waals surface area contributed by atoms with Gasteiger partial charge >= 0.3 is 17.9 Å². The Morgan fingerprint density at radius 2 is 1.55 bits per heavy atom. The van der Waals surface area contributed by atoms with Gasteiger partial charge in [0, 0.05) is 25.3 Å². The summed E-state index contributed by atoms with van der Waals surface area (Å²) in [6.07, 6.45) is -5.94. The monoisotopic (exact) mass is 1090 g/mol. The number of carboxylic acids is 1.